The van der Waals surface area contributed by atoms with Crippen LogP contribution in [0.5, 0.6) is 17.4 Å². The molecule has 3 aromatic carbocycles. The predicted molar refractivity (Wildman–Crippen MR) is 120 cm³/mol. The summed E-state index contributed by atoms with van der Waals surface area (Å²) >= 11 is 0. The molecule has 0 saturated heterocycles. The Morgan fingerprint density at radius 1 is 1.00 bits per heavy atom. The number of hydrogen-bond donors (Lipinski definition) is 2. The number of fused-ring (bicyclic) bond motifs is 2. The maximum atomic E-state index is 10.0. The summed E-state index contributed by atoms with van der Waals surface area (Å²) in [6.45, 7) is 0. The number of methoxy groups -OCH3 is 2. The lowest BCUT2D eigenvalue weighted by Crippen LogP contribution is -2.21. The highest BCUT2D eigenvalue weighted by Gasteiger charge is 2.36. The molecule has 0 bridgehead atoms. The van der Waals surface area contributed by atoms with Crippen molar-refractivity contribution in [2.45, 2.75) is 5.92 Å². The van der Waals surface area contributed by atoms with Gasteiger partial charge in [-0.2, -0.15) is 5.26 Å². The van der Waals surface area contributed by atoms with Crippen LogP contribution in [0.2, 0.25) is 0 Å². The Balaban J connectivity index is 1.78. The monoisotopic (exact) mass is 424 g/mol. The van der Waals surface area contributed by atoms with Crippen LogP contribution in [0.4, 0.5) is 0 Å². The molecule has 0 aliphatic carbocycles. The zero-order valence-corrected chi connectivity index (χ0v) is 17.5. The Morgan fingerprint density at radius 2 is 1.75 bits per heavy atom. The first-order chi connectivity index (χ1) is 15.7. The number of nitrogens with two attached hydrogens (primary N) is 1. The van der Waals surface area contributed by atoms with E-state index in [-0.39, 0.29) is 5.88 Å². The fourth-order valence-electron chi connectivity index (χ4n) is 4.26. The highest BCUT2D eigenvalue weighted by molar-refractivity contribution is 5.93. The van der Waals surface area contributed by atoms with Crippen molar-refractivity contribution in [2.75, 3.05) is 14.2 Å². The molecule has 1 aliphatic heterocycles. The minimum absolute atomic E-state index is 0.0534. The number of aromatic amines is 1. The zero-order chi connectivity index (χ0) is 22.2. The number of rotatable bonds is 4. The number of hydrogen-bond acceptors (Lipinski definition) is 6. The molecule has 0 radical (unpaired) electrons. The average molecular weight is 424 g/mol. The SMILES string of the molecule is COc1ccc(-c2[nH]nc3c2[C@H](c2ccc(OC)c4ccccc24)C(C#N)=C(N)O3)cc1. The molecule has 5 rings (SSSR count). The molecule has 0 fully saturated rings. The van der Waals surface area contributed by atoms with Crippen LogP contribution in [-0.4, -0.2) is 24.4 Å². The van der Waals surface area contributed by atoms with E-state index < -0.39 is 5.92 Å². The van der Waals surface area contributed by atoms with Gasteiger partial charge in [0.15, 0.2) is 0 Å². The van der Waals surface area contributed by atoms with Crippen LogP contribution in [0, 0.1) is 11.3 Å². The van der Waals surface area contributed by atoms with Crippen LogP contribution in [0.25, 0.3) is 22.0 Å². The van der Waals surface area contributed by atoms with Crippen LogP contribution in [0.3, 0.4) is 0 Å². The van der Waals surface area contributed by atoms with Gasteiger partial charge >= 0.3 is 0 Å². The van der Waals surface area contributed by atoms with Gasteiger partial charge in [0.1, 0.15) is 23.1 Å². The summed E-state index contributed by atoms with van der Waals surface area (Å²) in [5, 5.41) is 19.4. The fourth-order valence-corrected chi connectivity index (χ4v) is 4.26. The van der Waals surface area contributed by atoms with E-state index in [0.717, 1.165) is 44.7 Å². The minimum atomic E-state index is -0.463. The second kappa shape index (κ2) is 7.67. The van der Waals surface area contributed by atoms with Gasteiger partial charge in [-0.25, -0.2) is 0 Å². The molecule has 7 heteroatoms. The first-order valence-electron chi connectivity index (χ1n) is 10.0. The second-order valence-electron chi connectivity index (χ2n) is 7.37. The second-order valence-corrected chi connectivity index (χ2v) is 7.37. The van der Waals surface area contributed by atoms with Gasteiger partial charge in [0.25, 0.3) is 0 Å². The van der Waals surface area contributed by atoms with E-state index in [4.69, 9.17) is 19.9 Å². The van der Waals surface area contributed by atoms with Crippen molar-refractivity contribution in [1.29, 1.82) is 5.26 Å². The van der Waals surface area contributed by atoms with Crippen molar-refractivity contribution in [2.24, 2.45) is 5.73 Å². The summed E-state index contributed by atoms with van der Waals surface area (Å²) in [4.78, 5) is 0. The van der Waals surface area contributed by atoms with E-state index in [1.165, 1.54) is 0 Å². The summed E-state index contributed by atoms with van der Waals surface area (Å²) in [5.74, 6) is 1.46. The normalized spacial score (nSPS) is 15.1. The Hall–Kier alpha value is -4.44. The van der Waals surface area contributed by atoms with Gasteiger partial charge in [-0.1, -0.05) is 30.3 Å². The average Bonchev–Trinajstić information content (AvgIpc) is 3.26. The molecule has 158 valence electrons. The maximum absolute atomic E-state index is 10.0. The van der Waals surface area contributed by atoms with Gasteiger partial charge in [0.2, 0.25) is 11.8 Å². The van der Waals surface area contributed by atoms with E-state index in [1.807, 2.05) is 60.7 Å². The number of H-pyrrole nitrogens is 1. The Labute approximate surface area is 184 Å². The molecular formula is C25H20N4O3. The highest BCUT2D eigenvalue weighted by atomic mass is 16.5. The van der Waals surface area contributed by atoms with Crippen LogP contribution < -0.4 is 19.9 Å². The lowest BCUT2D eigenvalue weighted by Gasteiger charge is -2.25. The van der Waals surface area contributed by atoms with E-state index >= 15 is 0 Å². The third kappa shape index (κ3) is 2.93. The van der Waals surface area contributed by atoms with Crippen LogP contribution in [0.15, 0.2) is 72.1 Å². The van der Waals surface area contributed by atoms with E-state index in [2.05, 4.69) is 16.3 Å². The quantitative estimate of drug-likeness (QED) is 0.501. The number of nitriles is 1. The molecule has 7 nitrogen and oxygen atoms in total. The molecule has 1 aliphatic rings. The number of nitrogens with zero attached hydrogens (tertiary/aromatic N) is 2. The van der Waals surface area contributed by atoms with Gasteiger partial charge in [-0.3, -0.25) is 5.10 Å². The summed E-state index contributed by atoms with van der Waals surface area (Å²) in [6, 6.07) is 21.7. The molecular weight excluding hydrogens is 404 g/mol. The van der Waals surface area contributed by atoms with E-state index in [9.17, 15) is 5.26 Å². The highest BCUT2D eigenvalue weighted by Crippen LogP contribution is 2.48. The topological polar surface area (TPSA) is 106 Å². The molecule has 0 saturated carbocycles. The molecule has 2 heterocycles. The molecule has 4 aromatic rings. The van der Waals surface area contributed by atoms with Crippen LogP contribution in [0.1, 0.15) is 17.0 Å². The van der Waals surface area contributed by atoms with E-state index in [0.29, 0.717) is 11.5 Å². The third-order valence-electron chi connectivity index (χ3n) is 5.77. The number of nitrogens with one attached hydrogen (secondary N) is 1. The number of allylic oxidation sites excluding steroid dienone is 1. The summed E-state index contributed by atoms with van der Waals surface area (Å²) < 4.78 is 16.6. The molecule has 0 amide bonds. The first kappa shape index (κ1) is 19.5. The molecule has 3 N–H and O–H groups in total. The van der Waals surface area contributed by atoms with Gasteiger partial charge in [-0.15, -0.1) is 5.10 Å². The first-order valence-corrected chi connectivity index (χ1v) is 10.0. The fraction of sp³-hybridized carbons (Fsp3) is 0.120. The zero-order valence-electron chi connectivity index (χ0n) is 17.5. The van der Waals surface area contributed by atoms with Crippen molar-refractivity contribution in [3.8, 4) is 34.7 Å². The predicted octanol–water partition coefficient (Wildman–Crippen LogP) is 4.47. The molecule has 1 aromatic heterocycles. The number of benzene rings is 3. The van der Waals surface area contributed by atoms with Gasteiger partial charge in [0, 0.05) is 10.9 Å². The van der Waals surface area contributed by atoms with Crippen molar-refractivity contribution < 1.29 is 14.2 Å². The number of aromatic nitrogens is 2. The van der Waals surface area contributed by atoms with Crippen molar-refractivity contribution >= 4 is 10.8 Å². The van der Waals surface area contributed by atoms with Crippen molar-refractivity contribution in [1.82, 2.24) is 10.2 Å². The Bertz CT molecular complexity index is 1400. The molecule has 32 heavy (non-hydrogen) atoms. The van der Waals surface area contributed by atoms with Crippen LogP contribution >= 0.6 is 0 Å². The standard InChI is InChI=1S/C25H20N4O3/c1-30-15-9-7-14(8-10-15)23-22-21(19(13-26)24(27)32-25(22)29-28-23)18-11-12-20(31-2)17-6-4-3-5-16(17)18/h3-12,21H,27H2,1-2H3,(H,28,29)/t21-/m1/s1. The summed E-state index contributed by atoms with van der Waals surface area (Å²) in [7, 11) is 3.27. The lowest BCUT2D eigenvalue weighted by molar-refractivity contribution is 0.379. The minimum Gasteiger partial charge on any atom is -0.497 e. The number of ether oxygens (including phenoxy) is 3. The van der Waals surface area contributed by atoms with Gasteiger partial charge in [-0.05, 0) is 41.3 Å². The summed E-state index contributed by atoms with van der Waals surface area (Å²) in [5.41, 5.74) is 9.82. The third-order valence-corrected chi connectivity index (χ3v) is 5.77. The smallest absolute Gasteiger partial charge is 0.244 e. The summed E-state index contributed by atoms with van der Waals surface area (Å²) in [6.07, 6.45) is 0. The lowest BCUT2D eigenvalue weighted by atomic mass is 9.81. The molecule has 1 atom stereocenters. The van der Waals surface area contributed by atoms with Crippen molar-refractivity contribution in [3.63, 3.8) is 0 Å². The van der Waals surface area contributed by atoms with Gasteiger partial charge < -0.3 is 19.9 Å². The van der Waals surface area contributed by atoms with Crippen molar-refractivity contribution in [3.05, 3.63) is 83.2 Å². The maximum Gasteiger partial charge on any atom is 0.244 e. The Kier molecular flexibility index (Phi) is 4.68. The molecule has 0 spiro atoms. The van der Waals surface area contributed by atoms with Gasteiger partial charge in [0.05, 0.1) is 31.4 Å². The Morgan fingerprint density at radius 3 is 2.44 bits per heavy atom. The van der Waals surface area contributed by atoms with Crippen LogP contribution in [-0.2, 0) is 0 Å². The van der Waals surface area contributed by atoms with E-state index in [1.54, 1.807) is 14.2 Å². The molecule has 0 unspecified atom stereocenters. The largest absolute Gasteiger partial charge is 0.497 e.